The Morgan fingerprint density at radius 2 is 1.74 bits per heavy atom. The zero-order chi connectivity index (χ0) is 27.8. The van der Waals surface area contributed by atoms with Crippen molar-refractivity contribution in [3.63, 3.8) is 0 Å². The molecule has 5 rings (SSSR count). The monoisotopic (exact) mass is 530 g/mol. The van der Waals surface area contributed by atoms with Gasteiger partial charge in [-0.3, -0.25) is 9.78 Å². The van der Waals surface area contributed by atoms with Gasteiger partial charge in [0, 0.05) is 54.2 Å². The molecule has 2 aromatic heterocycles. The fourth-order valence-electron chi connectivity index (χ4n) is 4.02. The number of hydrogen-bond donors (Lipinski definition) is 3. The molecule has 1 atom stereocenters. The predicted octanol–water partition coefficient (Wildman–Crippen LogP) is 5.92. The number of benzene rings is 3. The van der Waals surface area contributed by atoms with Crippen molar-refractivity contribution in [3.05, 3.63) is 120 Å². The van der Waals surface area contributed by atoms with E-state index in [-0.39, 0.29) is 23.1 Å². The molecule has 1 amide bonds. The number of rotatable bonds is 7. The summed E-state index contributed by atoms with van der Waals surface area (Å²) < 4.78 is 42.0. The maximum atomic E-state index is 14.6. The number of para-hydroxylation sites is 1. The lowest BCUT2D eigenvalue weighted by Crippen LogP contribution is -2.38. The maximum Gasteiger partial charge on any atom is 0.254 e. The molecular formula is C30H25F3N4O2. The van der Waals surface area contributed by atoms with Crippen molar-refractivity contribution in [3.8, 4) is 11.1 Å². The average Bonchev–Trinajstić information content (AvgIpc) is 3.37. The number of carbonyl (C=O) groups excluding carboxylic acids is 2. The molecule has 0 fully saturated rings. The first-order valence-corrected chi connectivity index (χ1v) is 12.0. The third kappa shape index (κ3) is 6.70. The van der Waals surface area contributed by atoms with Crippen LogP contribution in [0.3, 0.4) is 0 Å². The van der Waals surface area contributed by atoms with Crippen LogP contribution in [-0.4, -0.2) is 35.3 Å². The van der Waals surface area contributed by atoms with E-state index in [1.165, 1.54) is 12.1 Å². The normalized spacial score (nSPS) is 11.3. The highest BCUT2D eigenvalue weighted by Gasteiger charge is 2.19. The van der Waals surface area contributed by atoms with Gasteiger partial charge in [0.05, 0.1) is 11.6 Å². The number of nitrogens with zero attached hydrogens (tertiary/aromatic N) is 1. The van der Waals surface area contributed by atoms with Crippen LogP contribution in [0.2, 0.25) is 0 Å². The molecule has 198 valence electrons. The van der Waals surface area contributed by atoms with Crippen molar-refractivity contribution in [1.29, 1.82) is 0 Å². The Hall–Kier alpha value is -4.92. The average molecular weight is 531 g/mol. The van der Waals surface area contributed by atoms with Crippen molar-refractivity contribution in [2.24, 2.45) is 0 Å². The summed E-state index contributed by atoms with van der Waals surface area (Å²) in [5, 5.41) is 6.43. The summed E-state index contributed by atoms with van der Waals surface area (Å²) in [6.45, 7) is 0. The van der Waals surface area contributed by atoms with Gasteiger partial charge in [-0.25, -0.2) is 13.2 Å². The van der Waals surface area contributed by atoms with Gasteiger partial charge < -0.3 is 20.4 Å². The molecule has 9 heteroatoms. The predicted molar refractivity (Wildman–Crippen MR) is 145 cm³/mol. The molecule has 0 radical (unpaired) electrons. The van der Waals surface area contributed by atoms with Crippen LogP contribution in [0.4, 0.5) is 18.9 Å². The minimum absolute atomic E-state index is 0.0942. The molecule has 0 bridgehead atoms. The van der Waals surface area contributed by atoms with Crippen LogP contribution in [-0.2, 0) is 11.2 Å². The number of carbonyl (C=O) groups is 2. The number of halogens is 3. The topological polar surface area (TPSA) is 86.9 Å². The third-order valence-corrected chi connectivity index (χ3v) is 6.02. The highest BCUT2D eigenvalue weighted by Crippen LogP contribution is 2.26. The molecular weight excluding hydrogens is 505 g/mol. The highest BCUT2D eigenvalue weighted by atomic mass is 19.1. The van der Waals surface area contributed by atoms with Gasteiger partial charge >= 0.3 is 0 Å². The SMILES string of the molecule is CNc1ccncc1.O=CC(Cc1c[nH]c2ccccc12)NC(=O)c1ccc(-c2cc(F)ccc2F)cc1F. The zero-order valence-corrected chi connectivity index (χ0v) is 20.9. The van der Waals surface area contributed by atoms with Crippen LogP contribution in [0.15, 0.2) is 91.4 Å². The molecule has 0 aliphatic rings. The molecule has 0 aliphatic heterocycles. The fourth-order valence-corrected chi connectivity index (χ4v) is 4.02. The summed E-state index contributed by atoms with van der Waals surface area (Å²) in [6.07, 6.45) is 6.09. The van der Waals surface area contributed by atoms with Crippen LogP contribution in [0.1, 0.15) is 15.9 Å². The van der Waals surface area contributed by atoms with Crippen molar-refractivity contribution >= 4 is 28.8 Å². The summed E-state index contributed by atoms with van der Waals surface area (Å²) >= 11 is 0. The zero-order valence-electron chi connectivity index (χ0n) is 20.9. The molecule has 5 aromatic rings. The molecule has 3 aromatic carbocycles. The van der Waals surface area contributed by atoms with E-state index in [4.69, 9.17) is 0 Å². The van der Waals surface area contributed by atoms with Crippen molar-refractivity contribution in [1.82, 2.24) is 15.3 Å². The largest absolute Gasteiger partial charge is 0.388 e. The van der Waals surface area contributed by atoms with Crippen LogP contribution in [0, 0.1) is 17.5 Å². The maximum absolute atomic E-state index is 14.6. The highest BCUT2D eigenvalue weighted by molar-refractivity contribution is 5.96. The first kappa shape index (κ1) is 27.1. The second kappa shape index (κ2) is 12.6. The number of fused-ring (bicyclic) bond motifs is 1. The smallest absolute Gasteiger partial charge is 0.254 e. The van der Waals surface area contributed by atoms with Crippen LogP contribution in [0.5, 0.6) is 0 Å². The number of aromatic nitrogens is 2. The lowest BCUT2D eigenvalue weighted by atomic mass is 10.0. The lowest BCUT2D eigenvalue weighted by molar-refractivity contribution is -0.109. The van der Waals surface area contributed by atoms with Crippen molar-refractivity contribution < 1.29 is 22.8 Å². The molecule has 6 nitrogen and oxygen atoms in total. The van der Waals surface area contributed by atoms with Gasteiger partial charge in [-0.2, -0.15) is 0 Å². The Morgan fingerprint density at radius 3 is 2.44 bits per heavy atom. The number of H-pyrrole nitrogens is 1. The second-order valence-corrected chi connectivity index (χ2v) is 8.58. The number of hydrogen-bond acceptors (Lipinski definition) is 4. The van der Waals surface area contributed by atoms with E-state index in [9.17, 15) is 22.8 Å². The van der Waals surface area contributed by atoms with Crippen LogP contribution >= 0.6 is 0 Å². The standard InChI is InChI=1S/C24H17F3N2O2.C6H8N2/c25-16-6-8-21(26)20(11-16)14-5-7-19(22(27)10-14)24(31)29-17(13-30)9-15-12-28-23-4-2-1-3-18(15)23;1-7-6-2-4-8-5-3-6/h1-8,10-13,17,28H,9H2,(H,29,31);2-5H,1H3,(H,7,8). The summed E-state index contributed by atoms with van der Waals surface area (Å²) in [4.78, 5) is 31.0. The van der Waals surface area contributed by atoms with Crippen LogP contribution < -0.4 is 10.6 Å². The van der Waals surface area contributed by atoms with Gasteiger partial charge in [-0.15, -0.1) is 0 Å². The van der Waals surface area contributed by atoms with Crippen molar-refractivity contribution in [2.75, 3.05) is 12.4 Å². The van der Waals surface area contributed by atoms with E-state index < -0.39 is 29.4 Å². The summed E-state index contributed by atoms with van der Waals surface area (Å²) in [5.74, 6) is -3.06. The first-order valence-electron chi connectivity index (χ1n) is 12.0. The summed E-state index contributed by atoms with van der Waals surface area (Å²) in [5.41, 5.74) is 2.52. The van der Waals surface area contributed by atoms with E-state index in [0.717, 1.165) is 46.4 Å². The summed E-state index contributed by atoms with van der Waals surface area (Å²) in [7, 11) is 1.88. The molecule has 2 heterocycles. The molecule has 0 spiro atoms. The molecule has 0 saturated heterocycles. The Labute approximate surface area is 222 Å². The molecule has 0 aliphatic carbocycles. The van der Waals surface area contributed by atoms with Gasteiger partial charge in [0.25, 0.3) is 5.91 Å². The van der Waals surface area contributed by atoms with E-state index >= 15 is 0 Å². The molecule has 3 N–H and O–H groups in total. The number of nitrogens with one attached hydrogen (secondary N) is 3. The van der Waals surface area contributed by atoms with E-state index in [0.29, 0.717) is 6.29 Å². The van der Waals surface area contributed by atoms with Crippen LogP contribution in [0.25, 0.3) is 22.0 Å². The molecule has 1 unspecified atom stereocenters. The second-order valence-electron chi connectivity index (χ2n) is 8.58. The molecule has 0 saturated carbocycles. The Morgan fingerprint density at radius 1 is 0.974 bits per heavy atom. The number of amides is 1. The van der Waals surface area contributed by atoms with E-state index in [2.05, 4.69) is 20.6 Å². The van der Waals surface area contributed by atoms with Gasteiger partial charge in [0.15, 0.2) is 0 Å². The van der Waals surface area contributed by atoms with E-state index in [1.807, 2.05) is 43.4 Å². The minimum atomic E-state index is -0.907. The lowest BCUT2D eigenvalue weighted by Gasteiger charge is -2.13. The number of aromatic amines is 1. The first-order chi connectivity index (χ1) is 18.9. The van der Waals surface area contributed by atoms with Gasteiger partial charge in [0.2, 0.25) is 0 Å². The van der Waals surface area contributed by atoms with Gasteiger partial charge in [-0.05, 0) is 59.7 Å². The summed E-state index contributed by atoms with van der Waals surface area (Å²) in [6, 6.07) is 16.8. The minimum Gasteiger partial charge on any atom is -0.388 e. The number of anilines is 1. The van der Waals surface area contributed by atoms with Gasteiger partial charge in [-0.1, -0.05) is 24.3 Å². The third-order valence-electron chi connectivity index (χ3n) is 6.02. The fraction of sp³-hybridized carbons (Fsp3) is 0.100. The van der Waals surface area contributed by atoms with E-state index in [1.54, 1.807) is 18.6 Å². The molecule has 39 heavy (non-hydrogen) atoms. The van der Waals surface area contributed by atoms with Gasteiger partial charge in [0.1, 0.15) is 23.7 Å². The number of aldehydes is 1. The Kier molecular flexibility index (Phi) is 8.73. The number of pyridine rings is 1. The van der Waals surface area contributed by atoms with Crippen molar-refractivity contribution in [2.45, 2.75) is 12.5 Å². The Balaban J connectivity index is 0.000000379. The quantitative estimate of drug-likeness (QED) is 0.228. The Bertz CT molecular complexity index is 1590.